The van der Waals surface area contributed by atoms with Gasteiger partial charge in [0.25, 0.3) is 5.91 Å². The molecule has 0 aliphatic carbocycles. The number of rotatable bonds is 4. The van der Waals surface area contributed by atoms with E-state index >= 15 is 0 Å². The zero-order valence-electron chi connectivity index (χ0n) is 10.8. The number of carbonyl (C=O) groups is 2. The third-order valence-corrected chi connectivity index (χ3v) is 3.26. The molecule has 0 unspecified atom stereocenters. The fourth-order valence-corrected chi connectivity index (χ4v) is 2.30. The number of benzene rings is 2. The van der Waals surface area contributed by atoms with Gasteiger partial charge in [0.15, 0.2) is 0 Å². The molecule has 21 heavy (non-hydrogen) atoms. The lowest BCUT2D eigenvalue weighted by Gasteiger charge is -2.08. The van der Waals surface area contributed by atoms with Crippen LogP contribution in [0.4, 0.5) is 5.69 Å². The van der Waals surface area contributed by atoms with E-state index in [9.17, 15) is 9.59 Å². The third kappa shape index (κ3) is 4.21. The molecule has 108 valence electrons. The van der Waals surface area contributed by atoms with E-state index in [0.29, 0.717) is 21.8 Å². The first-order chi connectivity index (χ1) is 9.95. The largest absolute Gasteiger partial charge is 0.481 e. The zero-order valence-corrected chi connectivity index (χ0v) is 12.3. The normalized spacial score (nSPS) is 10.2. The number of carboxylic acids is 1. The molecule has 0 aromatic heterocycles. The Bertz CT molecular complexity index is 701. The van der Waals surface area contributed by atoms with E-state index in [0.717, 1.165) is 0 Å². The van der Waals surface area contributed by atoms with E-state index in [1.54, 1.807) is 30.3 Å². The van der Waals surface area contributed by atoms with Gasteiger partial charge in [0.2, 0.25) is 0 Å². The van der Waals surface area contributed by atoms with E-state index in [2.05, 4.69) is 5.32 Å². The Morgan fingerprint density at radius 2 is 1.86 bits per heavy atom. The van der Waals surface area contributed by atoms with Crippen molar-refractivity contribution in [3.05, 3.63) is 63.6 Å². The minimum absolute atomic E-state index is 0.106. The maximum Gasteiger partial charge on any atom is 0.307 e. The van der Waals surface area contributed by atoms with Crippen molar-refractivity contribution in [3.63, 3.8) is 0 Å². The van der Waals surface area contributed by atoms with Gasteiger partial charge in [0.05, 0.1) is 17.0 Å². The smallest absolute Gasteiger partial charge is 0.307 e. The molecule has 4 nitrogen and oxygen atoms in total. The van der Waals surface area contributed by atoms with Crippen LogP contribution in [0.25, 0.3) is 0 Å². The minimum atomic E-state index is -0.931. The summed E-state index contributed by atoms with van der Waals surface area (Å²) in [6.45, 7) is 0. The Morgan fingerprint density at radius 3 is 2.52 bits per heavy atom. The molecular formula is C15H11Cl2NO3. The van der Waals surface area contributed by atoms with Gasteiger partial charge in [-0.25, -0.2) is 0 Å². The average Bonchev–Trinajstić information content (AvgIpc) is 2.37. The molecule has 0 aliphatic rings. The highest BCUT2D eigenvalue weighted by Gasteiger charge is 2.11. The van der Waals surface area contributed by atoms with Crippen LogP contribution in [0.5, 0.6) is 0 Å². The summed E-state index contributed by atoms with van der Waals surface area (Å²) in [6, 6.07) is 11.2. The van der Waals surface area contributed by atoms with Crippen molar-refractivity contribution in [3.8, 4) is 0 Å². The van der Waals surface area contributed by atoms with E-state index in [1.807, 2.05) is 0 Å². The van der Waals surface area contributed by atoms with Gasteiger partial charge in [-0.1, -0.05) is 35.3 Å². The summed E-state index contributed by atoms with van der Waals surface area (Å²) >= 11 is 11.7. The summed E-state index contributed by atoms with van der Waals surface area (Å²) in [4.78, 5) is 22.8. The minimum Gasteiger partial charge on any atom is -0.481 e. The van der Waals surface area contributed by atoms with Crippen LogP contribution in [0.2, 0.25) is 10.0 Å². The standard InChI is InChI=1S/C15H11Cl2NO3/c16-10-4-5-12(13(17)8-10)15(21)18-11-3-1-2-9(6-11)7-14(19)20/h1-6,8H,7H2,(H,18,21)(H,19,20). The second-order valence-corrected chi connectivity index (χ2v) is 5.19. The average molecular weight is 324 g/mol. The fourth-order valence-electron chi connectivity index (χ4n) is 1.81. The highest BCUT2D eigenvalue weighted by molar-refractivity contribution is 6.37. The number of amides is 1. The van der Waals surface area contributed by atoms with Gasteiger partial charge in [-0.05, 0) is 35.9 Å². The first kappa shape index (κ1) is 15.4. The van der Waals surface area contributed by atoms with Gasteiger partial charge in [-0.15, -0.1) is 0 Å². The van der Waals surface area contributed by atoms with Crippen molar-refractivity contribution < 1.29 is 14.7 Å². The fraction of sp³-hybridized carbons (Fsp3) is 0.0667. The summed E-state index contributed by atoms with van der Waals surface area (Å²) in [7, 11) is 0. The highest BCUT2D eigenvalue weighted by Crippen LogP contribution is 2.22. The van der Waals surface area contributed by atoms with Crippen LogP contribution in [0.15, 0.2) is 42.5 Å². The number of nitrogens with one attached hydrogen (secondary N) is 1. The lowest BCUT2D eigenvalue weighted by Crippen LogP contribution is -2.12. The molecule has 0 radical (unpaired) electrons. The molecule has 0 spiro atoms. The van der Waals surface area contributed by atoms with Crippen molar-refractivity contribution in [2.24, 2.45) is 0 Å². The number of carbonyl (C=O) groups excluding carboxylic acids is 1. The number of hydrogen-bond donors (Lipinski definition) is 2. The molecule has 0 saturated heterocycles. The summed E-state index contributed by atoms with van der Waals surface area (Å²) in [6.07, 6.45) is -0.106. The van der Waals surface area contributed by atoms with Gasteiger partial charge < -0.3 is 10.4 Å². The van der Waals surface area contributed by atoms with E-state index < -0.39 is 5.97 Å². The monoisotopic (exact) mass is 323 g/mol. The lowest BCUT2D eigenvalue weighted by molar-refractivity contribution is -0.136. The Balaban J connectivity index is 2.17. The highest BCUT2D eigenvalue weighted by atomic mass is 35.5. The van der Waals surface area contributed by atoms with Crippen LogP contribution in [0, 0.1) is 0 Å². The maximum absolute atomic E-state index is 12.1. The van der Waals surface area contributed by atoms with Gasteiger partial charge >= 0.3 is 5.97 Å². The van der Waals surface area contributed by atoms with Crippen LogP contribution in [0.3, 0.4) is 0 Å². The third-order valence-electron chi connectivity index (χ3n) is 2.72. The number of aliphatic carboxylic acids is 1. The van der Waals surface area contributed by atoms with Crippen LogP contribution >= 0.6 is 23.2 Å². The number of halogens is 2. The second kappa shape index (κ2) is 6.61. The van der Waals surface area contributed by atoms with Crippen molar-refractivity contribution in [2.45, 2.75) is 6.42 Å². The molecule has 0 saturated carbocycles. The second-order valence-electron chi connectivity index (χ2n) is 4.35. The number of anilines is 1. The van der Waals surface area contributed by atoms with Crippen LogP contribution in [-0.4, -0.2) is 17.0 Å². The molecule has 0 atom stereocenters. The first-order valence-electron chi connectivity index (χ1n) is 6.03. The first-order valence-corrected chi connectivity index (χ1v) is 6.78. The van der Waals surface area contributed by atoms with E-state index in [4.69, 9.17) is 28.3 Å². The topological polar surface area (TPSA) is 66.4 Å². The van der Waals surface area contributed by atoms with Crippen LogP contribution in [-0.2, 0) is 11.2 Å². The van der Waals surface area contributed by atoms with Crippen LogP contribution < -0.4 is 5.32 Å². The number of hydrogen-bond acceptors (Lipinski definition) is 2. The molecule has 1 amide bonds. The van der Waals surface area contributed by atoms with Gasteiger partial charge in [-0.2, -0.15) is 0 Å². The molecule has 0 heterocycles. The molecule has 2 aromatic carbocycles. The summed E-state index contributed by atoms with van der Waals surface area (Å²) in [5.41, 5.74) is 1.40. The molecular weight excluding hydrogens is 313 g/mol. The van der Waals surface area contributed by atoms with E-state index in [1.165, 1.54) is 12.1 Å². The molecule has 0 fully saturated rings. The lowest BCUT2D eigenvalue weighted by atomic mass is 10.1. The van der Waals surface area contributed by atoms with E-state index in [-0.39, 0.29) is 17.4 Å². The number of carboxylic acid groups (broad SMARTS) is 1. The molecule has 0 bridgehead atoms. The van der Waals surface area contributed by atoms with Gasteiger partial charge in [0, 0.05) is 10.7 Å². The summed E-state index contributed by atoms with van der Waals surface area (Å²) in [5.74, 6) is -1.32. The van der Waals surface area contributed by atoms with Crippen molar-refractivity contribution in [2.75, 3.05) is 5.32 Å². The van der Waals surface area contributed by atoms with Crippen molar-refractivity contribution >= 4 is 40.8 Å². The Morgan fingerprint density at radius 1 is 1.10 bits per heavy atom. The quantitative estimate of drug-likeness (QED) is 0.897. The molecule has 0 aliphatic heterocycles. The molecule has 2 N–H and O–H groups in total. The van der Waals surface area contributed by atoms with Crippen LogP contribution in [0.1, 0.15) is 15.9 Å². The van der Waals surface area contributed by atoms with Crippen molar-refractivity contribution in [1.29, 1.82) is 0 Å². The SMILES string of the molecule is O=C(O)Cc1cccc(NC(=O)c2ccc(Cl)cc2Cl)c1. The van der Waals surface area contributed by atoms with Crippen molar-refractivity contribution in [1.82, 2.24) is 0 Å². The Labute approximate surface area is 131 Å². The molecule has 2 rings (SSSR count). The maximum atomic E-state index is 12.1. The Hall–Kier alpha value is -2.04. The molecule has 6 heteroatoms. The zero-order chi connectivity index (χ0) is 15.4. The predicted molar refractivity (Wildman–Crippen MR) is 82.2 cm³/mol. The Kier molecular flexibility index (Phi) is 4.83. The summed E-state index contributed by atoms with van der Waals surface area (Å²) in [5, 5.41) is 12.1. The predicted octanol–water partition coefficient (Wildman–Crippen LogP) is 3.87. The van der Waals surface area contributed by atoms with Gasteiger partial charge in [-0.3, -0.25) is 9.59 Å². The van der Waals surface area contributed by atoms with Gasteiger partial charge in [0.1, 0.15) is 0 Å². The molecule has 2 aromatic rings. The summed E-state index contributed by atoms with van der Waals surface area (Å²) < 4.78 is 0.